The molecule has 2 N–H and O–H groups in total. The van der Waals surface area contributed by atoms with Crippen LogP contribution in [0.3, 0.4) is 0 Å². The van der Waals surface area contributed by atoms with Crippen molar-refractivity contribution in [1.29, 1.82) is 0 Å². The van der Waals surface area contributed by atoms with E-state index in [1.165, 1.54) is 6.42 Å². The van der Waals surface area contributed by atoms with Crippen molar-refractivity contribution in [2.75, 3.05) is 5.32 Å². The van der Waals surface area contributed by atoms with Crippen LogP contribution < -0.4 is 5.32 Å². The summed E-state index contributed by atoms with van der Waals surface area (Å²) < 4.78 is 1.07. The molecule has 2 rings (SSSR count). The van der Waals surface area contributed by atoms with E-state index in [2.05, 4.69) is 21.2 Å². The van der Waals surface area contributed by atoms with Crippen molar-refractivity contribution < 1.29 is 5.11 Å². The fraction of sp³-hybridized carbons (Fsp3) is 0.500. The summed E-state index contributed by atoms with van der Waals surface area (Å²) in [4.78, 5) is 0. The molecular formula is C12H16BrNO. The van der Waals surface area contributed by atoms with Gasteiger partial charge in [0.25, 0.3) is 0 Å². The number of anilines is 1. The number of hydrogen-bond donors (Lipinski definition) is 2. The van der Waals surface area contributed by atoms with Gasteiger partial charge >= 0.3 is 0 Å². The van der Waals surface area contributed by atoms with Crippen molar-refractivity contribution in [3.05, 3.63) is 28.7 Å². The Hall–Kier alpha value is -0.540. The third-order valence-electron chi connectivity index (χ3n) is 2.91. The van der Waals surface area contributed by atoms with Crippen molar-refractivity contribution in [2.24, 2.45) is 0 Å². The highest BCUT2D eigenvalue weighted by atomic mass is 79.9. The van der Waals surface area contributed by atoms with Gasteiger partial charge in [0.2, 0.25) is 0 Å². The van der Waals surface area contributed by atoms with E-state index in [1.807, 2.05) is 24.3 Å². The molecule has 82 valence electrons. The number of rotatable bonds is 2. The van der Waals surface area contributed by atoms with Crippen LogP contribution >= 0.6 is 15.9 Å². The van der Waals surface area contributed by atoms with Gasteiger partial charge in [-0.05, 0) is 31.0 Å². The number of aliphatic hydroxyl groups is 1. The monoisotopic (exact) mass is 269 g/mol. The summed E-state index contributed by atoms with van der Waals surface area (Å²) in [6.45, 7) is 0. The minimum absolute atomic E-state index is 0.197. The number of hydrogen-bond acceptors (Lipinski definition) is 2. The number of benzene rings is 1. The lowest BCUT2D eigenvalue weighted by molar-refractivity contribution is 0.116. The highest BCUT2D eigenvalue weighted by molar-refractivity contribution is 9.10. The average molecular weight is 270 g/mol. The normalized spacial score (nSPS) is 26.3. The molecule has 3 heteroatoms. The van der Waals surface area contributed by atoms with Gasteiger partial charge in [0.15, 0.2) is 0 Å². The summed E-state index contributed by atoms with van der Waals surface area (Å²) >= 11 is 3.44. The summed E-state index contributed by atoms with van der Waals surface area (Å²) in [6, 6.07) is 8.30. The van der Waals surface area contributed by atoms with Crippen molar-refractivity contribution in [2.45, 2.75) is 37.8 Å². The zero-order valence-corrected chi connectivity index (χ0v) is 10.2. The first-order valence-corrected chi connectivity index (χ1v) is 6.25. The second-order valence-electron chi connectivity index (χ2n) is 4.11. The van der Waals surface area contributed by atoms with Crippen molar-refractivity contribution in [3.8, 4) is 0 Å². The minimum atomic E-state index is -0.197. The summed E-state index contributed by atoms with van der Waals surface area (Å²) in [5.74, 6) is 0. The predicted octanol–water partition coefficient (Wildman–Crippen LogP) is 3.16. The van der Waals surface area contributed by atoms with E-state index in [0.717, 1.165) is 29.4 Å². The molecule has 0 aliphatic heterocycles. The molecule has 1 aliphatic rings. The molecule has 2 atom stereocenters. The Labute approximate surface area is 98.8 Å². The van der Waals surface area contributed by atoms with Crippen LogP contribution in [0, 0.1) is 0 Å². The smallest absolute Gasteiger partial charge is 0.0741 e. The quantitative estimate of drug-likeness (QED) is 0.865. The van der Waals surface area contributed by atoms with Gasteiger partial charge in [-0.3, -0.25) is 0 Å². The Morgan fingerprint density at radius 2 is 2.07 bits per heavy atom. The molecule has 0 spiro atoms. The Morgan fingerprint density at radius 3 is 2.80 bits per heavy atom. The van der Waals surface area contributed by atoms with E-state index in [9.17, 15) is 5.11 Å². The van der Waals surface area contributed by atoms with Crippen LogP contribution in [0.15, 0.2) is 28.7 Å². The van der Waals surface area contributed by atoms with Crippen LogP contribution in [0.2, 0.25) is 0 Å². The molecule has 0 radical (unpaired) electrons. The lowest BCUT2D eigenvalue weighted by Gasteiger charge is -2.29. The molecule has 0 unspecified atom stereocenters. The first-order chi connectivity index (χ1) is 7.25. The molecular weight excluding hydrogens is 254 g/mol. The zero-order valence-electron chi connectivity index (χ0n) is 8.62. The van der Waals surface area contributed by atoms with Gasteiger partial charge in [0, 0.05) is 10.2 Å². The third kappa shape index (κ3) is 2.95. The van der Waals surface area contributed by atoms with Crippen LogP contribution in [0.25, 0.3) is 0 Å². The lowest BCUT2D eigenvalue weighted by atomic mass is 9.92. The number of nitrogens with one attached hydrogen (secondary N) is 1. The highest BCUT2D eigenvalue weighted by Crippen LogP contribution is 2.23. The predicted molar refractivity (Wildman–Crippen MR) is 66.0 cm³/mol. The SMILES string of the molecule is O[C@@H]1CCCC[C@@H]1Nc1cccc(Br)c1. The van der Waals surface area contributed by atoms with Gasteiger partial charge in [0.1, 0.15) is 0 Å². The minimum Gasteiger partial charge on any atom is -0.391 e. The number of aliphatic hydroxyl groups excluding tert-OH is 1. The zero-order chi connectivity index (χ0) is 10.7. The summed E-state index contributed by atoms with van der Waals surface area (Å²) in [6.07, 6.45) is 4.15. The van der Waals surface area contributed by atoms with Gasteiger partial charge < -0.3 is 10.4 Å². The maximum absolute atomic E-state index is 9.83. The van der Waals surface area contributed by atoms with Crippen LogP contribution in [0.1, 0.15) is 25.7 Å². The first kappa shape index (κ1) is 11.0. The van der Waals surface area contributed by atoms with Gasteiger partial charge in [-0.25, -0.2) is 0 Å². The van der Waals surface area contributed by atoms with E-state index in [4.69, 9.17) is 0 Å². The van der Waals surface area contributed by atoms with Crippen LogP contribution in [-0.2, 0) is 0 Å². The Kier molecular flexibility index (Phi) is 3.65. The van der Waals surface area contributed by atoms with Crippen LogP contribution in [-0.4, -0.2) is 17.3 Å². The maximum Gasteiger partial charge on any atom is 0.0741 e. The van der Waals surface area contributed by atoms with E-state index >= 15 is 0 Å². The molecule has 2 nitrogen and oxygen atoms in total. The lowest BCUT2D eigenvalue weighted by Crippen LogP contribution is -2.36. The molecule has 1 saturated carbocycles. The summed E-state index contributed by atoms with van der Waals surface area (Å²) in [7, 11) is 0. The first-order valence-electron chi connectivity index (χ1n) is 5.46. The summed E-state index contributed by atoms with van der Waals surface area (Å²) in [5, 5.41) is 13.2. The maximum atomic E-state index is 9.83. The molecule has 1 aliphatic carbocycles. The molecule has 0 saturated heterocycles. The molecule has 0 amide bonds. The van der Waals surface area contributed by atoms with Gasteiger partial charge in [-0.2, -0.15) is 0 Å². The molecule has 0 aromatic heterocycles. The molecule has 0 heterocycles. The standard InChI is InChI=1S/C12H16BrNO/c13-9-4-3-5-10(8-9)14-11-6-1-2-7-12(11)15/h3-5,8,11-12,14-15H,1-2,6-7H2/t11-,12+/m0/s1. The van der Waals surface area contributed by atoms with Gasteiger partial charge in [0.05, 0.1) is 12.1 Å². The van der Waals surface area contributed by atoms with Crippen LogP contribution in [0.4, 0.5) is 5.69 Å². The van der Waals surface area contributed by atoms with Crippen LogP contribution in [0.5, 0.6) is 0 Å². The highest BCUT2D eigenvalue weighted by Gasteiger charge is 2.22. The number of halogens is 1. The Balaban J connectivity index is 2.01. The van der Waals surface area contributed by atoms with E-state index in [-0.39, 0.29) is 12.1 Å². The summed E-state index contributed by atoms with van der Waals surface area (Å²) in [5.41, 5.74) is 1.08. The van der Waals surface area contributed by atoms with E-state index < -0.39 is 0 Å². The van der Waals surface area contributed by atoms with Gasteiger partial charge in [-0.15, -0.1) is 0 Å². The largest absolute Gasteiger partial charge is 0.391 e. The molecule has 1 aromatic rings. The average Bonchev–Trinajstić information content (AvgIpc) is 2.22. The van der Waals surface area contributed by atoms with Gasteiger partial charge in [-0.1, -0.05) is 34.8 Å². The fourth-order valence-corrected chi connectivity index (χ4v) is 2.47. The topological polar surface area (TPSA) is 32.3 Å². The molecule has 1 aromatic carbocycles. The van der Waals surface area contributed by atoms with Crippen molar-refractivity contribution in [1.82, 2.24) is 0 Å². The Morgan fingerprint density at radius 1 is 1.27 bits per heavy atom. The Bertz CT molecular complexity index is 329. The molecule has 15 heavy (non-hydrogen) atoms. The molecule has 0 bridgehead atoms. The second kappa shape index (κ2) is 4.99. The van der Waals surface area contributed by atoms with E-state index in [0.29, 0.717) is 0 Å². The van der Waals surface area contributed by atoms with Crippen molar-refractivity contribution in [3.63, 3.8) is 0 Å². The second-order valence-corrected chi connectivity index (χ2v) is 5.03. The third-order valence-corrected chi connectivity index (χ3v) is 3.40. The van der Waals surface area contributed by atoms with E-state index in [1.54, 1.807) is 0 Å². The van der Waals surface area contributed by atoms with Crippen molar-refractivity contribution >= 4 is 21.6 Å². The fourth-order valence-electron chi connectivity index (χ4n) is 2.07. The molecule has 1 fully saturated rings.